The molecule has 1 amide bonds. The number of nitrogens with one attached hydrogen (secondary N) is 1. The van der Waals surface area contributed by atoms with Crippen molar-refractivity contribution in [2.75, 3.05) is 32.8 Å². The summed E-state index contributed by atoms with van der Waals surface area (Å²) in [5.74, 6) is 0.0370. The molecule has 0 radical (unpaired) electrons. The summed E-state index contributed by atoms with van der Waals surface area (Å²) in [6.45, 7) is 10.9. The summed E-state index contributed by atoms with van der Waals surface area (Å²) in [4.78, 5) is 15.0. The van der Waals surface area contributed by atoms with Crippen molar-refractivity contribution in [1.29, 1.82) is 0 Å². The van der Waals surface area contributed by atoms with Gasteiger partial charge in [-0.15, -0.1) is 0 Å². The van der Waals surface area contributed by atoms with Crippen molar-refractivity contribution >= 4 is 5.91 Å². The zero-order chi connectivity index (χ0) is 17.2. The van der Waals surface area contributed by atoms with Gasteiger partial charge in [0.15, 0.2) is 0 Å². The molecule has 3 rings (SSSR count). The number of hydrogen-bond donors (Lipinski definition) is 1. The first-order valence-corrected chi connectivity index (χ1v) is 9.12. The number of carbonyl (C=O) groups excluding carboxylic acids is 1. The van der Waals surface area contributed by atoms with Crippen molar-refractivity contribution in [3.05, 3.63) is 35.4 Å². The monoisotopic (exact) mass is 330 g/mol. The maximum Gasteiger partial charge on any atom is 0.251 e. The molecule has 0 spiro atoms. The van der Waals surface area contributed by atoms with Crippen LogP contribution in [-0.2, 0) is 10.2 Å². The smallest absolute Gasteiger partial charge is 0.251 e. The van der Waals surface area contributed by atoms with Crippen LogP contribution in [-0.4, -0.2) is 49.2 Å². The minimum atomic E-state index is 0.0370. The third kappa shape index (κ3) is 3.65. The molecule has 1 aliphatic carbocycles. The van der Waals surface area contributed by atoms with Crippen molar-refractivity contribution in [2.24, 2.45) is 0 Å². The van der Waals surface area contributed by atoms with Crippen molar-refractivity contribution in [2.45, 2.75) is 51.0 Å². The van der Waals surface area contributed by atoms with E-state index in [1.165, 1.54) is 24.8 Å². The summed E-state index contributed by atoms with van der Waals surface area (Å²) in [6.07, 6.45) is 3.61. The standard InChI is InChI=1S/C20H30N2O2/c1-19(2,3)17-7-5-16(6-8-17)18(23)21-15-20(9-4-10-20)22-11-13-24-14-12-22/h5-8H,4,9-15H2,1-3H3,(H,21,23). The van der Waals surface area contributed by atoms with Crippen LogP contribution in [0.4, 0.5) is 0 Å². The number of nitrogens with zero attached hydrogens (tertiary/aromatic N) is 1. The molecule has 1 saturated carbocycles. The van der Waals surface area contributed by atoms with Crippen LogP contribution in [0.3, 0.4) is 0 Å². The second kappa shape index (κ2) is 6.85. The highest BCUT2D eigenvalue weighted by molar-refractivity contribution is 5.94. The van der Waals surface area contributed by atoms with E-state index in [1.807, 2.05) is 12.1 Å². The number of ether oxygens (including phenoxy) is 1. The predicted molar refractivity (Wildman–Crippen MR) is 96.4 cm³/mol. The molecule has 1 aromatic rings. The average molecular weight is 330 g/mol. The second-order valence-electron chi connectivity index (χ2n) is 8.19. The lowest BCUT2D eigenvalue weighted by Gasteiger charge is -2.51. The molecule has 1 aliphatic heterocycles. The Labute approximate surface area is 145 Å². The van der Waals surface area contributed by atoms with Gasteiger partial charge in [-0.1, -0.05) is 32.9 Å². The zero-order valence-corrected chi connectivity index (χ0v) is 15.2. The van der Waals surface area contributed by atoms with E-state index in [9.17, 15) is 4.79 Å². The number of hydrogen-bond acceptors (Lipinski definition) is 3. The minimum Gasteiger partial charge on any atom is -0.379 e. The van der Waals surface area contributed by atoms with Crippen LogP contribution >= 0.6 is 0 Å². The summed E-state index contributed by atoms with van der Waals surface area (Å²) >= 11 is 0. The van der Waals surface area contributed by atoms with Crippen molar-refractivity contribution in [3.8, 4) is 0 Å². The van der Waals surface area contributed by atoms with Crippen molar-refractivity contribution in [1.82, 2.24) is 10.2 Å². The lowest BCUT2D eigenvalue weighted by molar-refractivity contribution is -0.0540. The van der Waals surface area contributed by atoms with Gasteiger partial charge < -0.3 is 10.1 Å². The summed E-state index contributed by atoms with van der Waals surface area (Å²) < 4.78 is 5.47. The van der Waals surface area contributed by atoms with Crippen LogP contribution in [0.15, 0.2) is 24.3 Å². The van der Waals surface area contributed by atoms with Crippen LogP contribution in [0.25, 0.3) is 0 Å². The van der Waals surface area contributed by atoms with E-state index in [0.717, 1.165) is 38.4 Å². The zero-order valence-electron chi connectivity index (χ0n) is 15.2. The molecular formula is C20H30N2O2. The van der Waals surface area contributed by atoms with E-state index in [4.69, 9.17) is 4.74 Å². The molecule has 1 N–H and O–H groups in total. The van der Waals surface area contributed by atoms with Gasteiger partial charge >= 0.3 is 0 Å². The third-order valence-corrected chi connectivity index (χ3v) is 5.56. The van der Waals surface area contributed by atoms with Gasteiger partial charge in [0.1, 0.15) is 0 Å². The Morgan fingerprint density at radius 3 is 2.29 bits per heavy atom. The molecule has 4 heteroatoms. The van der Waals surface area contributed by atoms with E-state index >= 15 is 0 Å². The Balaban J connectivity index is 1.60. The molecule has 0 bridgehead atoms. The quantitative estimate of drug-likeness (QED) is 0.923. The fourth-order valence-corrected chi connectivity index (χ4v) is 3.70. The van der Waals surface area contributed by atoms with Crippen LogP contribution < -0.4 is 5.32 Å². The first-order chi connectivity index (χ1) is 11.4. The molecule has 2 aliphatic rings. The number of benzene rings is 1. The fourth-order valence-electron chi connectivity index (χ4n) is 3.70. The van der Waals surface area contributed by atoms with Gasteiger partial charge in [0.2, 0.25) is 0 Å². The topological polar surface area (TPSA) is 41.6 Å². The Morgan fingerprint density at radius 1 is 1.17 bits per heavy atom. The van der Waals surface area contributed by atoms with E-state index in [1.54, 1.807) is 0 Å². The van der Waals surface area contributed by atoms with E-state index < -0.39 is 0 Å². The maximum absolute atomic E-state index is 12.5. The van der Waals surface area contributed by atoms with Gasteiger partial charge in [-0.25, -0.2) is 0 Å². The Kier molecular flexibility index (Phi) is 4.97. The second-order valence-corrected chi connectivity index (χ2v) is 8.19. The molecule has 0 atom stereocenters. The van der Waals surface area contributed by atoms with Gasteiger partial charge in [0.05, 0.1) is 13.2 Å². The number of amides is 1. The summed E-state index contributed by atoms with van der Waals surface area (Å²) in [5.41, 5.74) is 2.27. The number of morpholine rings is 1. The Bertz CT molecular complexity index is 564. The van der Waals surface area contributed by atoms with Crippen LogP contribution in [0.1, 0.15) is 56.0 Å². The van der Waals surface area contributed by atoms with Gasteiger partial charge in [-0.2, -0.15) is 0 Å². The van der Waals surface area contributed by atoms with Gasteiger partial charge in [0, 0.05) is 30.7 Å². The minimum absolute atomic E-state index is 0.0370. The first-order valence-electron chi connectivity index (χ1n) is 9.12. The van der Waals surface area contributed by atoms with Crippen molar-refractivity contribution < 1.29 is 9.53 Å². The van der Waals surface area contributed by atoms with E-state index in [-0.39, 0.29) is 16.9 Å². The summed E-state index contributed by atoms with van der Waals surface area (Å²) in [7, 11) is 0. The van der Waals surface area contributed by atoms with Crippen LogP contribution in [0, 0.1) is 0 Å². The lowest BCUT2D eigenvalue weighted by atomic mass is 9.75. The molecule has 4 nitrogen and oxygen atoms in total. The van der Waals surface area contributed by atoms with E-state index in [0.29, 0.717) is 0 Å². The van der Waals surface area contributed by atoms with Crippen LogP contribution in [0.2, 0.25) is 0 Å². The SMILES string of the molecule is CC(C)(C)c1ccc(C(=O)NCC2(N3CCOCC3)CCC2)cc1. The maximum atomic E-state index is 12.5. The molecule has 2 fully saturated rings. The van der Waals surface area contributed by atoms with Gasteiger partial charge in [-0.05, 0) is 42.4 Å². The summed E-state index contributed by atoms with van der Waals surface area (Å²) in [6, 6.07) is 8.02. The third-order valence-electron chi connectivity index (χ3n) is 5.56. The lowest BCUT2D eigenvalue weighted by Crippen LogP contribution is -2.62. The first kappa shape index (κ1) is 17.4. The Hall–Kier alpha value is -1.39. The molecule has 1 saturated heterocycles. The average Bonchev–Trinajstić information content (AvgIpc) is 2.54. The molecule has 24 heavy (non-hydrogen) atoms. The number of carbonyl (C=O) groups is 1. The van der Waals surface area contributed by atoms with Gasteiger partial charge in [0.25, 0.3) is 5.91 Å². The van der Waals surface area contributed by atoms with Crippen molar-refractivity contribution in [3.63, 3.8) is 0 Å². The number of rotatable bonds is 4. The van der Waals surface area contributed by atoms with Crippen LogP contribution in [0.5, 0.6) is 0 Å². The highest BCUT2D eigenvalue weighted by Crippen LogP contribution is 2.37. The predicted octanol–water partition coefficient (Wildman–Crippen LogP) is 2.97. The highest BCUT2D eigenvalue weighted by atomic mass is 16.5. The molecule has 1 aromatic carbocycles. The molecule has 1 heterocycles. The normalized spacial score (nSPS) is 21.1. The Morgan fingerprint density at radius 2 is 1.79 bits per heavy atom. The van der Waals surface area contributed by atoms with E-state index in [2.05, 4.69) is 43.1 Å². The molecule has 0 aromatic heterocycles. The largest absolute Gasteiger partial charge is 0.379 e. The van der Waals surface area contributed by atoms with Gasteiger partial charge in [-0.3, -0.25) is 9.69 Å². The molecular weight excluding hydrogens is 300 g/mol. The summed E-state index contributed by atoms with van der Waals surface area (Å²) in [5, 5.41) is 3.18. The molecule has 0 unspecified atom stereocenters. The fraction of sp³-hybridized carbons (Fsp3) is 0.650. The molecule has 132 valence electrons. The highest BCUT2D eigenvalue weighted by Gasteiger charge is 2.42.